The number of alkyl halides is 3. The van der Waals surface area contributed by atoms with Crippen LogP contribution in [0.5, 0.6) is 5.75 Å². The molecule has 1 aromatic carbocycles. The standard InChI is InChI=1S/C14H13F3O3/c15-14(16,17)20-12-6-4-9(5-7-12)13(19)10-2-1-3-11(18)8-10/h4-7,10H,1-3,8H2. The van der Waals surface area contributed by atoms with Gasteiger partial charge in [0.25, 0.3) is 0 Å². The first kappa shape index (κ1) is 14.6. The molecule has 0 saturated heterocycles. The van der Waals surface area contributed by atoms with Gasteiger partial charge in [-0.05, 0) is 37.1 Å². The monoisotopic (exact) mass is 286 g/mol. The number of benzene rings is 1. The molecule has 1 unspecified atom stereocenters. The van der Waals surface area contributed by atoms with Crippen LogP contribution in [0.2, 0.25) is 0 Å². The lowest BCUT2D eigenvalue weighted by molar-refractivity contribution is -0.274. The molecule has 1 fully saturated rings. The van der Waals surface area contributed by atoms with E-state index in [1.807, 2.05) is 0 Å². The molecular weight excluding hydrogens is 273 g/mol. The fourth-order valence-corrected chi connectivity index (χ4v) is 2.30. The van der Waals surface area contributed by atoms with Gasteiger partial charge in [-0.2, -0.15) is 0 Å². The highest BCUT2D eigenvalue weighted by Crippen LogP contribution is 2.27. The minimum absolute atomic E-state index is 0.0617. The van der Waals surface area contributed by atoms with Crippen molar-refractivity contribution >= 4 is 11.6 Å². The molecule has 0 aliphatic heterocycles. The van der Waals surface area contributed by atoms with Gasteiger partial charge in [0.05, 0.1) is 0 Å². The van der Waals surface area contributed by atoms with Gasteiger partial charge in [0, 0.05) is 24.3 Å². The maximum atomic E-state index is 12.1. The largest absolute Gasteiger partial charge is 0.573 e. The lowest BCUT2D eigenvalue weighted by Crippen LogP contribution is -2.23. The summed E-state index contributed by atoms with van der Waals surface area (Å²) in [5.74, 6) is -0.859. The van der Waals surface area contributed by atoms with Crippen molar-refractivity contribution in [1.82, 2.24) is 0 Å². The Morgan fingerprint density at radius 1 is 1.20 bits per heavy atom. The molecular formula is C14H13F3O3. The second-order valence-electron chi connectivity index (χ2n) is 4.77. The quantitative estimate of drug-likeness (QED) is 0.798. The van der Waals surface area contributed by atoms with Crippen LogP contribution < -0.4 is 4.74 Å². The van der Waals surface area contributed by atoms with Crippen molar-refractivity contribution in [2.75, 3.05) is 0 Å². The number of Topliss-reactive ketones (excluding diaryl/α,β-unsaturated/α-hetero) is 2. The zero-order valence-corrected chi connectivity index (χ0v) is 10.6. The van der Waals surface area contributed by atoms with Crippen LogP contribution in [0, 0.1) is 5.92 Å². The molecule has 0 heterocycles. The molecule has 0 aromatic heterocycles. The average Bonchev–Trinajstić information content (AvgIpc) is 2.37. The maximum absolute atomic E-state index is 12.1. The highest BCUT2D eigenvalue weighted by molar-refractivity contribution is 6.00. The molecule has 2 rings (SSSR count). The molecule has 0 N–H and O–H groups in total. The number of halogens is 3. The fourth-order valence-electron chi connectivity index (χ4n) is 2.30. The van der Waals surface area contributed by atoms with Crippen LogP contribution in [-0.4, -0.2) is 17.9 Å². The van der Waals surface area contributed by atoms with E-state index in [-0.39, 0.29) is 29.7 Å². The Kier molecular flexibility index (Phi) is 4.11. The highest BCUT2D eigenvalue weighted by atomic mass is 19.4. The van der Waals surface area contributed by atoms with Crippen molar-refractivity contribution in [3.8, 4) is 5.75 Å². The summed E-state index contributed by atoms with van der Waals surface area (Å²) in [5.41, 5.74) is 0.305. The minimum Gasteiger partial charge on any atom is -0.406 e. The third-order valence-corrected chi connectivity index (χ3v) is 3.23. The van der Waals surface area contributed by atoms with Crippen LogP contribution >= 0.6 is 0 Å². The Morgan fingerprint density at radius 2 is 1.85 bits per heavy atom. The topological polar surface area (TPSA) is 43.4 Å². The second-order valence-corrected chi connectivity index (χ2v) is 4.77. The molecule has 1 aliphatic carbocycles. The molecule has 0 amide bonds. The number of ketones is 2. The van der Waals surface area contributed by atoms with E-state index < -0.39 is 6.36 Å². The summed E-state index contributed by atoms with van der Waals surface area (Å²) in [6.45, 7) is 0. The molecule has 1 saturated carbocycles. The van der Waals surface area contributed by atoms with Gasteiger partial charge in [-0.15, -0.1) is 13.2 Å². The number of ether oxygens (including phenoxy) is 1. The summed E-state index contributed by atoms with van der Waals surface area (Å²) in [7, 11) is 0. The van der Waals surface area contributed by atoms with Crippen LogP contribution in [0.1, 0.15) is 36.0 Å². The summed E-state index contributed by atoms with van der Waals surface area (Å²) >= 11 is 0. The molecule has 108 valence electrons. The SMILES string of the molecule is O=C1CCCC(C(=O)c2ccc(OC(F)(F)F)cc2)C1. The first-order chi connectivity index (χ1) is 9.35. The van der Waals surface area contributed by atoms with E-state index in [9.17, 15) is 22.8 Å². The van der Waals surface area contributed by atoms with E-state index in [0.29, 0.717) is 24.8 Å². The van der Waals surface area contributed by atoms with Gasteiger partial charge in [0.15, 0.2) is 5.78 Å². The number of rotatable bonds is 3. The van der Waals surface area contributed by atoms with Gasteiger partial charge in [-0.1, -0.05) is 0 Å². The number of hydrogen-bond acceptors (Lipinski definition) is 3. The zero-order chi connectivity index (χ0) is 14.8. The summed E-state index contributed by atoms with van der Waals surface area (Å²) in [6, 6.07) is 4.79. The van der Waals surface area contributed by atoms with Gasteiger partial charge >= 0.3 is 6.36 Å². The summed E-state index contributed by atoms with van der Waals surface area (Å²) in [4.78, 5) is 23.4. The van der Waals surface area contributed by atoms with Crippen LogP contribution in [0.3, 0.4) is 0 Å². The summed E-state index contributed by atoms with van der Waals surface area (Å²) in [6.07, 6.45) is -2.70. The third kappa shape index (κ3) is 3.82. The Hall–Kier alpha value is -1.85. The van der Waals surface area contributed by atoms with Crippen molar-refractivity contribution in [2.24, 2.45) is 5.92 Å². The van der Waals surface area contributed by atoms with Crippen LogP contribution in [0.15, 0.2) is 24.3 Å². The van der Waals surface area contributed by atoms with Crippen molar-refractivity contribution in [1.29, 1.82) is 0 Å². The Balaban J connectivity index is 2.05. The highest BCUT2D eigenvalue weighted by Gasteiger charge is 2.31. The third-order valence-electron chi connectivity index (χ3n) is 3.23. The summed E-state index contributed by atoms with van der Waals surface area (Å²) in [5, 5.41) is 0. The van der Waals surface area contributed by atoms with Crippen LogP contribution in [0.25, 0.3) is 0 Å². The predicted octanol–water partition coefficient (Wildman–Crippen LogP) is 3.53. The van der Waals surface area contributed by atoms with E-state index in [4.69, 9.17) is 0 Å². The number of hydrogen-bond donors (Lipinski definition) is 0. The molecule has 0 radical (unpaired) electrons. The van der Waals surface area contributed by atoms with Crippen LogP contribution in [-0.2, 0) is 4.79 Å². The van der Waals surface area contributed by atoms with Crippen molar-refractivity contribution in [3.63, 3.8) is 0 Å². The molecule has 1 atom stereocenters. The number of carbonyl (C=O) groups excluding carboxylic acids is 2. The molecule has 20 heavy (non-hydrogen) atoms. The van der Waals surface area contributed by atoms with Gasteiger partial charge in [-0.25, -0.2) is 0 Å². The predicted molar refractivity (Wildman–Crippen MR) is 64.4 cm³/mol. The Morgan fingerprint density at radius 3 is 2.40 bits per heavy atom. The molecule has 6 heteroatoms. The molecule has 3 nitrogen and oxygen atoms in total. The van der Waals surface area contributed by atoms with Crippen LogP contribution in [0.4, 0.5) is 13.2 Å². The smallest absolute Gasteiger partial charge is 0.406 e. The minimum atomic E-state index is -4.75. The van der Waals surface area contributed by atoms with Crippen molar-refractivity contribution < 1.29 is 27.5 Å². The van der Waals surface area contributed by atoms with Gasteiger partial charge in [0.2, 0.25) is 0 Å². The summed E-state index contributed by atoms with van der Waals surface area (Å²) < 4.78 is 39.8. The van der Waals surface area contributed by atoms with E-state index >= 15 is 0 Å². The van der Waals surface area contributed by atoms with Crippen molar-refractivity contribution in [3.05, 3.63) is 29.8 Å². The maximum Gasteiger partial charge on any atom is 0.573 e. The van der Waals surface area contributed by atoms with Gasteiger partial charge in [-0.3, -0.25) is 9.59 Å². The van der Waals surface area contributed by atoms with Gasteiger partial charge < -0.3 is 4.74 Å². The fraction of sp³-hybridized carbons (Fsp3) is 0.429. The van der Waals surface area contributed by atoms with E-state index in [0.717, 1.165) is 12.1 Å². The molecule has 0 spiro atoms. The normalized spacial score (nSPS) is 19.8. The molecule has 1 aromatic rings. The lowest BCUT2D eigenvalue weighted by atomic mass is 9.83. The Bertz CT molecular complexity index is 505. The Labute approximate surface area is 113 Å². The number of carbonyl (C=O) groups is 2. The first-order valence-corrected chi connectivity index (χ1v) is 6.27. The lowest BCUT2D eigenvalue weighted by Gasteiger charge is -2.19. The average molecular weight is 286 g/mol. The second kappa shape index (κ2) is 5.64. The first-order valence-electron chi connectivity index (χ1n) is 6.27. The van der Waals surface area contributed by atoms with E-state index in [1.165, 1.54) is 12.1 Å². The molecule has 0 bridgehead atoms. The van der Waals surface area contributed by atoms with Gasteiger partial charge in [0.1, 0.15) is 11.5 Å². The van der Waals surface area contributed by atoms with Crippen molar-refractivity contribution in [2.45, 2.75) is 32.0 Å². The van der Waals surface area contributed by atoms with E-state index in [1.54, 1.807) is 0 Å². The zero-order valence-electron chi connectivity index (χ0n) is 10.6. The molecule has 1 aliphatic rings. The van der Waals surface area contributed by atoms with E-state index in [2.05, 4.69) is 4.74 Å².